The summed E-state index contributed by atoms with van der Waals surface area (Å²) >= 11 is 0. The molecule has 1 aromatic rings. The fourth-order valence-electron chi connectivity index (χ4n) is 3.93. The van der Waals surface area contributed by atoms with Crippen LogP contribution < -0.4 is 27.8 Å². The van der Waals surface area contributed by atoms with E-state index in [2.05, 4.69) is 10.6 Å². The van der Waals surface area contributed by atoms with Crippen LogP contribution in [0, 0.1) is 0 Å². The SMILES string of the molecule is NC(=O)CCC(N)C(=O)NC(CC(N)=O)C(=O)N1CCCC1C(=O)NC(Cc1ccccc1)C(=O)O. The number of primary amides is 2. The molecule has 0 aromatic heterocycles. The monoisotopic (exact) mass is 504 g/mol. The van der Waals surface area contributed by atoms with Crippen molar-refractivity contribution in [2.75, 3.05) is 6.54 Å². The first-order chi connectivity index (χ1) is 17.0. The van der Waals surface area contributed by atoms with E-state index in [0.29, 0.717) is 12.0 Å². The van der Waals surface area contributed by atoms with E-state index < -0.39 is 66.1 Å². The molecule has 196 valence electrons. The van der Waals surface area contributed by atoms with Crippen LogP contribution in [-0.2, 0) is 35.2 Å². The Labute approximate surface area is 207 Å². The van der Waals surface area contributed by atoms with E-state index in [1.807, 2.05) is 0 Å². The first kappa shape index (κ1) is 28.2. The van der Waals surface area contributed by atoms with Crippen molar-refractivity contribution >= 4 is 35.5 Å². The third kappa shape index (κ3) is 8.34. The van der Waals surface area contributed by atoms with Crippen molar-refractivity contribution in [2.45, 2.75) is 62.7 Å². The van der Waals surface area contributed by atoms with Crippen LogP contribution in [0.2, 0.25) is 0 Å². The minimum atomic E-state index is -1.39. The normalized spacial score (nSPS) is 17.5. The fourth-order valence-corrected chi connectivity index (χ4v) is 3.93. The van der Waals surface area contributed by atoms with Gasteiger partial charge in [0.2, 0.25) is 29.5 Å². The average molecular weight is 505 g/mol. The molecule has 1 aliphatic rings. The number of benzene rings is 1. The van der Waals surface area contributed by atoms with Gasteiger partial charge in [-0.2, -0.15) is 0 Å². The van der Waals surface area contributed by atoms with E-state index >= 15 is 0 Å². The number of aliphatic carboxylic acids is 1. The molecule has 4 atom stereocenters. The molecule has 4 unspecified atom stereocenters. The molecule has 9 N–H and O–H groups in total. The number of nitrogens with zero attached hydrogens (tertiary/aromatic N) is 1. The summed E-state index contributed by atoms with van der Waals surface area (Å²) in [6.07, 6.45) is 0.0204. The molecular formula is C23H32N6O7. The van der Waals surface area contributed by atoms with Crippen molar-refractivity contribution in [3.05, 3.63) is 35.9 Å². The van der Waals surface area contributed by atoms with Gasteiger partial charge in [-0.05, 0) is 24.8 Å². The zero-order valence-electron chi connectivity index (χ0n) is 19.7. The van der Waals surface area contributed by atoms with Crippen molar-refractivity contribution in [1.82, 2.24) is 15.5 Å². The summed E-state index contributed by atoms with van der Waals surface area (Å²) in [5, 5.41) is 14.4. The number of carboxylic acids is 1. The lowest BCUT2D eigenvalue weighted by Crippen LogP contribution is -2.57. The molecule has 2 rings (SSSR count). The van der Waals surface area contributed by atoms with Gasteiger partial charge in [-0.15, -0.1) is 0 Å². The second-order valence-electron chi connectivity index (χ2n) is 8.62. The maximum atomic E-state index is 13.2. The fraction of sp³-hybridized carbons (Fsp3) is 0.478. The molecule has 13 nitrogen and oxygen atoms in total. The Morgan fingerprint density at radius 2 is 1.67 bits per heavy atom. The molecule has 36 heavy (non-hydrogen) atoms. The smallest absolute Gasteiger partial charge is 0.326 e. The van der Waals surface area contributed by atoms with E-state index in [9.17, 15) is 33.9 Å². The Bertz CT molecular complexity index is 986. The van der Waals surface area contributed by atoms with Crippen LogP contribution in [0.1, 0.15) is 37.7 Å². The van der Waals surface area contributed by atoms with Crippen LogP contribution in [-0.4, -0.2) is 76.2 Å². The molecule has 0 aliphatic carbocycles. The van der Waals surface area contributed by atoms with E-state index in [-0.39, 0.29) is 32.2 Å². The number of nitrogens with two attached hydrogens (primary N) is 3. The number of carbonyl (C=O) groups excluding carboxylic acids is 5. The van der Waals surface area contributed by atoms with Crippen molar-refractivity contribution in [1.29, 1.82) is 0 Å². The van der Waals surface area contributed by atoms with Gasteiger partial charge in [0.15, 0.2) is 0 Å². The first-order valence-corrected chi connectivity index (χ1v) is 11.5. The number of amides is 5. The highest BCUT2D eigenvalue weighted by molar-refractivity contribution is 5.96. The second kappa shape index (κ2) is 13.2. The summed E-state index contributed by atoms with van der Waals surface area (Å²) in [7, 11) is 0. The molecule has 1 aliphatic heterocycles. The van der Waals surface area contributed by atoms with Crippen LogP contribution in [0.5, 0.6) is 0 Å². The summed E-state index contributed by atoms with van der Waals surface area (Å²) in [6, 6.07) is 3.99. The van der Waals surface area contributed by atoms with E-state index in [1.165, 1.54) is 4.90 Å². The quantitative estimate of drug-likeness (QED) is 0.171. The standard InChI is InChI=1S/C23H32N6O7/c24-14(8-9-18(25)30)20(32)27-15(12-19(26)31)22(34)29-10-4-7-17(29)21(33)28-16(23(35)36)11-13-5-2-1-3-6-13/h1-3,5-6,14-17H,4,7-12,24H2,(H2,25,30)(H2,26,31)(H,27,32)(H,28,33)(H,35,36). The highest BCUT2D eigenvalue weighted by Crippen LogP contribution is 2.20. The Morgan fingerprint density at radius 1 is 1.00 bits per heavy atom. The van der Waals surface area contributed by atoms with Crippen LogP contribution in [0.25, 0.3) is 0 Å². The maximum absolute atomic E-state index is 13.2. The molecule has 1 heterocycles. The van der Waals surface area contributed by atoms with Gasteiger partial charge in [0.05, 0.1) is 12.5 Å². The van der Waals surface area contributed by atoms with Crippen molar-refractivity contribution in [2.24, 2.45) is 17.2 Å². The van der Waals surface area contributed by atoms with Crippen LogP contribution in [0.15, 0.2) is 30.3 Å². The largest absolute Gasteiger partial charge is 0.480 e. The molecular weight excluding hydrogens is 472 g/mol. The summed E-state index contributed by atoms with van der Waals surface area (Å²) in [4.78, 5) is 74.1. The molecule has 0 radical (unpaired) electrons. The van der Waals surface area contributed by atoms with Gasteiger partial charge in [-0.1, -0.05) is 30.3 Å². The summed E-state index contributed by atoms with van der Waals surface area (Å²) < 4.78 is 0. The molecule has 0 spiro atoms. The number of likely N-dealkylation sites (tertiary alicyclic amines) is 1. The molecule has 5 amide bonds. The minimum Gasteiger partial charge on any atom is -0.480 e. The summed E-state index contributed by atoms with van der Waals surface area (Å²) in [5.74, 6) is -4.92. The summed E-state index contributed by atoms with van der Waals surface area (Å²) in [6.45, 7) is 0.159. The van der Waals surface area contributed by atoms with Crippen LogP contribution >= 0.6 is 0 Å². The highest BCUT2D eigenvalue weighted by atomic mass is 16.4. The van der Waals surface area contributed by atoms with Crippen LogP contribution in [0.3, 0.4) is 0 Å². The number of carboxylic acid groups (broad SMARTS) is 1. The van der Waals surface area contributed by atoms with E-state index in [1.54, 1.807) is 30.3 Å². The first-order valence-electron chi connectivity index (χ1n) is 11.5. The number of nitrogens with one attached hydrogen (secondary N) is 2. The average Bonchev–Trinajstić information content (AvgIpc) is 3.31. The molecule has 1 saturated heterocycles. The van der Waals surface area contributed by atoms with Crippen molar-refractivity contribution in [3.8, 4) is 0 Å². The topological polar surface area (TPSA) is 228 Å². The lowest BCUT2D eigenvalue weighted by molar-refractivity contribution is -0.145. The molecule has 1 fully saturated rings. The Kier molecular flexibility index (Phi) is 10.3. The van der Waals surface area contributed by atoms with Gasteiger partial charge in [0, 0.05) is 19.4 Å². The predicted octanol–water partition coefficient (Wildman–Crippen LogP) is -2.26. The van der Waals surface area contributed by atoms with Crippen molar-refractivity contribution < 1.29 is 33.9 Å². The Balaban J connectivity index is 2.11. The van der Waals surface area contributed by atoms with Crippen molar-refractivity contribution in [3.63, 3.8) is 0 Å². The zero-order chi connectivity index (χ0) is 26.8. The molecule has 1 aromatic carbocycles. The maximum Gasteiger partial charge on any atom is 0.326 e. The Morgan fingerprint density at radius 3 is 2.25 bits per heavy atom. The van der Waals surface area contributed by atoms with Gasteiger partial charge in [-0.3, -0.25) is 24.0 Å². The van der Waals surface area contributed by atoms with E-state index in [0.717, 1.165) is 0 Å². The lowest BCUT2D eigenvalue weighted by atomic mass is 10.0. The van der Waals surface area contributed by atoms with Gasteiger partial charge in [-0.25, -0.2) is 4.79 Å². The number of carbonyl (C=O) groups is 6. The third-order valence-corrected chi connectivity index (χ3v) is 5.79. The van der Waals surface area contributed by atoms with Gasteiger partial charge < -0.3 is 37.8 Å². The molecule has 13 heteroatoms. The lowest BCUT2D eigenvalue weighted by Gasteiger charge is -2.29. The second-order valence-corrected chi connectivity index (χ2v) is 8.62. The predicted molar refractivity (Wildman–Crippen MR) is 127 cm³/mol. The number of rotatable bonds is 13. The highest BCUT2D eigenvalue weighted by Gasteiger charge is 2.39. The number of hydrogen-bond donors (Lipinski definition) is 6. The summed E-state index contributed by atoms with van der Waals surface area (Å²) in [5.41, 5.74) is 16.8. The molecule has 0 bridgehead atoms. The van der Waals surface area contributed by atoms with E-state index in [4.69, 9.17) is 17.2 Å². The zero-order valence-corrected chi connectivity index (χ0v) is 19.7. The van der Waals surface area contributed by atoms with Gasteiger partial charge >= 0.3 is 5.97 Å². The minimum absolute atomic E-state index is 0.0477. The third-order valence-electron chi connectivity index (χ3n) is 5.79. The van der Waals surface area contributed by atoms with Crippen LogP contribution in [0.4, 0.5) is 0 Å². The van der Waals surface area contributed by atoms with Gasteiger partial charge in [0.25, 0.3) is 0 Å². The molecule has 0 saturated carbocycles. The van der Waals surface area contributed by atoms with Gasteiger partial charge in [0.1, 0.15) is 18.1 Å². The Hall–Kier alpha value is -4.00. The number of hydrogen-bond acceptors (Lipinski definition) is 7.